The number of aromatic hydroxyl groups is 1. The van der Waals surface area contributed by atoms with Gasteiger partial charge in [0.05, 0.1) is 18.8 Å². The number of carbonyl (C=O) groups excluding carboxylic acids is 1. The molecule has 1 aliphatic rings. The van der Waals surface area contributed by atoms with Crippen molar-refractivity contribution in [1.29, 1.82) is 0 Å². The first-order chi connectivity index (χ1) is 12.5. The monoisotopic (exact) mass is 417 g/mol. The molecular formula is C20H24BrN3O2. The molecule has 0 spiro atoms. The zero-order valence-electron chi connectivity index (χ0n) is 14.9. The molecule has 1 fully saturated rings. The molecule has 0 radical (unpaired) electrons. The topological polar surface area (TPSA) is 47.0 Å². The molecule has 1 N–H and O–H groups in total. The lowest BCUT2D eigenvalue weighted by Gasteiger charge is -2.33. The number of phenolic OH excluding ortho intramolecular Hbond substituents is 1. The van der Waals surface area contributed by atoms with Crippen molar-refractivity contribution in [2.45, 2.75) is 6.54 Å². The van der Waals surface area contributed by atoms with E-state index < -0.39 is 0 Å². The molecule has 1 heterocycles. The maximum absolute atomic E-state index is 13.1. The minimum atomic E-state index is 0.0321. The molecule has 0 saturated carbocycles. The molecule has 0 unspecified atom stereocenters. The molecular weight excluding hydrogens is 394 g/mol. The molecule has 5 nitrogen and oxygen atoms in total. The molecule has 0 aromatic heterocycles. The number of rotatable bonds is 5. The molecule has 1 amide bonds. The van der Waals surface area contributed by atoms with Crippen molar-refractivity contribution in [2.24, 2.45) is 0 Å². The number of benzene rings is 2. The third-order valence-corrected chi connectivity index (χ3v) is 5.39. The van der Waals surface area contributed by atoms with E-state index >= 15 is 0 Å². The van der Waals surface area contributed by atoms with Crippen LogP contribution in [0.5, 0.6) is 5.75 Å². The number of phenols is 1. The zero-order valence-corrected chi connectivity index (χ0v) is 16.5. The lowest BCUT2D eigenvalue weighted by atomic mass is 10.1. The number of hydrogen-bond donors (Lipinski definition) is 1. The summed E-state index contributed by atoms with van der Waals surface area (Å²) in [6.07, 6.45) is 0. The molecule has 2 aromatic rings. The van der Waals surface area contributed by atoms with Crippen LogP contribution < -0.4 is 4.90 Å². The second-order valence-electron chi connectivity index (χ2n) is 6.64. The van der Waals surface area contributed by atoms with E-state index in [9.17, 15) is 9.90 Å². The van der Waals surface area contributed by atoms with Crippen molar-refractivity contribution >= 4 is 27.5 Å². The summed E-state index contributed by atoms with van der Waals surface area (Å²) in [5.41, 5.74) is 1.55. The second kappa shape index (κ2) is 8.66. The average Bonchev–Trinajstić information content (AvgIpc) is 2.64. The van der Waals surface area contributed by atoms with Crippen molar-refractivity contribution in [3.05, 3.63) is 58.6 Å². The number of piperazine rings is 1. The first kappa shape index (κ1) is 18.9. The van der Waals surface area contributed by atoms with Crippen LogP contribution >= 0.6 is 15.9 Å². The number of halogens is 1. The van der Waals surface area contributed by atoms with Gasteiger partial charge in [0.25, 0.3) is 0 Å². The van der Waals surface area contributed by atoms with Crippen LogP contribution in [0.4, 0.5) is 5.69 Å². The van der Waals surface area contributed by atoms with E-state index in [-0.39, 0.29) is 11.7 Å². The Morgan fingerprint density at radius 1 is 1.08 bits per heavy atom. The van der Waals surface area contributed by atoms with Crippen molar-refractivity contribution in [3.63, 3.8) is 0 Å². The smallest absolute Gasteiger partial charge is 0.241 e. The van der Waals surface area contributed by atoms with E-state index in [0.717, 1.165) is 41.9 Å². The number of anilines is 1. The minimum Gasteiger partial charge on any atom is -0.508 e. The van der Waals surface area contributed by atoms with Gasteiger partial charge in [-0.1, -0.05) is 30.3 Å². The fourth-order valence-electron chi connectivity index (χ4n) is 3.08. The van der Waals surface area contributed by atoms with E-state index in [1.165, 1.54) is 0 Å². The Labute approximate surface area is 163 Å². The predicted molar refractivity (Wildman–Crippen MR) is 107 cm³/mol. The highest BCUT2D eigenvalue weighted by Crippen LogP contribution is 2.29. The summed E-state index contributed by atoms with van der Waals surface area (Å²) in [4.78, 5) is 19.3. The first-order valence-corrected chi connectivity index (χ1v) is 9.56. The van der Waals surface area contributed by atoms with Crippen LogP contribution in [0, 0.1) is 0 Å². The minimum absolute atomic E-state index is 0.0321. The van der Waals surface area contributed by atoms with Gasteiger partial charge in [-0.15, -0.1) is 0 Å². The Hall–Kier alpha value is -1.89. The van der Waals surface area contributed by atoms with Crippen LogP contribution in [0.3, 0.4) is 0 Å². The predicted octanol–water partition coefficient (Wildman–Crippen LogP) is 2.94. The molecule has 1 saturated heterocycles. The molecule has 138 valence electrons. The molecule has 0 atom stereocenters. The molecule has 1 aliphatic heterocycles. The van der Waals surface area contributed by atoms with Gasteiger partial charge in [-0.2, -0.15) is 0 Å². The standard InChI is InChI=1S/C20H24BrN3O2/c1-22-10-12-23(13-11-22)15-20(26)24(18-8-4-3-7-17(18)21)14-16-6-2-5-9-19(16)25/h2-9,25H,10-15H2,1H3. The molecule has 6 heteroatoms. The maximum atomic E-state index is 13.1. The normalized spacial score (nSPS) is 15.8. The second-order valence-corrected chi connectivity index (χ2v) is 7.49. The fourth-order valence-corrected chi connectivity index (χ4v) is 3.57. The van der Waals surface area contributed by atoms with Gasteiger partial charge in [-0.05, 0) is 41.2 Å². The van der Waals surface area contributed by atoms with Gasteiger partial charge in [0, 0.05) is 36.2 Å². The van der Waals surface area contributed by atoms with Crippen molar-refractivity contribution in [1.82, 2.24) is 9.80 Å². The van der Waals surface area contributed by atoms with Crippen molar-refractivity contribution < 1.29 is 9.90 Å². The first-order valence-electron chi connectivity index (χ1n) is 8.77. The van der Waals surface area contributed by atoms with Crippen molar-refractivity contribution in [3.8, 4) is 5.75 Å². The number of amides is 1. The summed E-state index contributed by atoms with van der Waals surface area (Å²) in [6.45, 7) is 4.44. The Morgan fingerprint density at radius 3 is 2.42 bits per heavy atom. The van der Waals surface area contributed by atoms with Crippen molar-refractivity contribution in [2.75, 3.05) is 44.7 Å². The summed E-state index contributed by atoms with van der Waals surface area (Å²) >= 11 is 3.55. The average molecular weight is 418 g/mol. The quantitative estimate of drug-likeness (QED) is 0.812. The van der Waals surface area contributed by atoms with Crippen LogP contribution in [0.2, 0.25) is 0 Å². The number of para-hydroxylation sites is 2. The van der Waals surface area contributed by atoms with Crippen LogP contribution in [0.15, 0.2) is 53.0 Å². The zero-order chi connectivity index (χ0) is 18.5. The SMILES string of the molecule is CN1CCN(CC(=O)N(Cc2ccccc2O)c2ccccc2Br)CC1. The van der Waals surface area contributed by atoms with Gasteiger partial charge in [-0.25, -0.2) is 0 Å². The van der Waals surface area contributed by atoms with E-state index in [2.05, 4.69) is 32.8 Å². The Kier molecular flexibility index (Phi) is 6.29. The van der Waals surface area contributed by atoms with Gasteiger partial charge in [0.2, 0.25) is 5.91 Å². The van der Waals surface area contributed by atoms with Gasteiger partial charge in [0.15, 0.2) is 0 Å². The van der Waals surface area contributed by atoms with Gasteiger partial charge >= 0.3 is 0 Å². The highest BCUT2D eigenvalue weighted by molar-refractivity contribution is 9.10. The highest BCUT2D eigenvalue weighted by Gasteiger charge is 2.23. The van der Waals surface area contributed by atoms with E-state index in [0.29, 0.717) is 13.1 Å². The summed E-state index contributed by atoms with van der Waals surface area (Å²) in [5.74, 6) is 0.238. The Balaban J connectivity index is 1.82. The van der Waals surface area contributed by atoms with Crippen LogP contribution in [0.1, 0.15) is 5.56 Å². The molecule has 26 heavy (non-hydrogen) atoms. The summed E-state index contributed by atoms with van der Waals surface area (Å²) in [6, 6.07) is 14.9. The summed E-state index contributed by atoms with van der Waals surface area (Å²) in [5, 5.41) is 10.1. The number of carbonyl (C=O) groups is 1. The lowest BCUT2D eigenvalue weighted by molar-refractivity contribution is -0.120. The molecule has 2 aromatic carbocycles. The molecule has 0 bridgehead atoms. The largest absolute Gasteiger partial charge is 0.508 e. The third-order valence-electron chi connectivity index (χ3n) is 4.72. The number of likely N-dealkylation sites (N-methyl/N-ethyl adjacent to an activating group) is 1. The van der Waals surface area contributed by atoms with Crippen LogP contribution in [-0.4, -0.2) is 60.6 Å². The maximum Gasteiger partial charge on any atom is 0.241 e. The summed E-state index contributed by atoms with van der Waals surface area (Å²) in [7, 11) is 2.10. The number of hydrogen-bond acceptors (Lipinski definition) is 4. The molecule has 3 rings (SSSR count). The lowest BCUT2D eigenvalue weighted by Crippen LogP contribution is -2.49. The third kappa shape index (κ3) is 4.63. The van der Waals surface area contributed by atoms with Crippen LogP contribution in [0.25, 0.3) is 0 Å². The number of nitrogens with zero attached hydrogens (tertiary/aromatic N) is 3. The molecule has 0 aliphatic carbocycles. The Morgan fingerprint density at radius 2 is 1.73 bits per heavy atom. The van der Waals surface area contributed by atoms with E-state index in [1.807, 2.05) is 36.4 Å². The Bertz CT molecular complexity index is 760. The highest BCUT2D eigenvalue weighted by atomic mass is 79.9. The van der Waals surface area contributed by atoms with Crippen LogP contribution in [-0.2, 0) is 11.3 Å². The van der Waals surface area contributed by atoms with E-state index in [1.54, 1.807) is 17.0 Å². The van der Waals surface area contributed by atoms with Gasteiger partial charge in [0.1, 0.15) is 5.75 Å². The van der Waals surface area contributed by atoms with Gasteiger partial charge < -0.3 is 14.9 Å². The van der Waals surface area contributed by atoms with Gasteiger partial charge in [-0.3, -0.25) is 9.69 Å². The summed E-state index contributed by atoms with van der Waals surface area (Å²) < 4.78 is 0.863. The van der Waals surface area contributed by atoms with E-state index in [4.69, 9.17) is 0 Å². The fraction of sp³-hybridized carbons (Fsp3) is 0.350.